The molecule has 0 radical (unpaired) electrons. The summed E-state index contributed by atoms with van der Waals surface area (Å²) in [5.41, 5.74) is 0. The first-order valence-electron chi connectivity index (χ1n) is 7.18. The van der Waals surface area contributed by atoms with Gasteiger partial charge in [0.15, 0.2) is 0 Å². The lowest BCUT2D eigenvalue weighted by Gasteiger charge is -2.24. The summed E-state index contributed by atoms with van der Waals surface area (Å²) >= 11 is 0. The Morgan fingerprint density at radius 3 is 2.50 bits per heavy atom. The molecular formula is C14H29NO. The van der Waals surface area contributed by atoms with Crippen molar-refractivity contribution in [3.63, 3.8) is 0 Å². The number of rotatable bonds is 8. The van der Waals surface area contributed by atoms with E-state index in [1.54, 1.807) is 0 Å². The summed E-state index contributed by atoms with van der Waals surface area (Å²) in [6, 6.07) is 0.623. The molecule has 1 aliphatic heterocycles. The molecule has 2 nitrogen and oxygen atoms in total. The Hall–Kier alpha value is -0.0800. The van der Waals surface area contributed by atoms with Gasteiger partial charge in [-0.05, 0) is 12.3 Å². The first-order valence-corrected chi connectivity index (χ1v) is 7.18. The van der Waals surface area contributed by atoms with Gasteiger partial charge in [0.1, 0.15) is 0 Å². The van der Waals surface area contributed by atoms with Crippen molar-refractivity contribution < 1.29 is 4.74 Å². The zero-order chi connectivity index (χ0) is 11.6. The van der Waals surface area contributed by atoms with E-state index in [2.05, 4.69) is 19.2 Å². The van der Waals surface area contributed by atoms with Crippen LogP contribution in [0.25, 0.3) is 0 Å². The van der Waals surface area contributed by atoms with E-state index in [9.17, 15) is 0 Å². The molecule has 1 unspecified atom stereocenters. The molecule has 1 saturated heterocycles. The maximum atomic E-state index is 5.47. The van der Waals surface area contributed by atoms with Gasteiger partial charge in [0.2, 0.25) is 0 Å². The zero-order valence-electron chi connectivity index (χ0n) is 11.1. The van der Waals surface area contributed by atoms with Crippen molar-refractivity contribution >= 4 is 0 Å². The van der Waals surface area contributed by atoms with Crippen molar-refractivity contribution in [3.05, 3.63) is 0 Å². The molecule has 0 aromatic heterocycles. The summed E-state index contributed by atoms with van der Waals surface area (Å²) in [5, 5.41) is 3.53. The molecular weight excluding hydrogens is 198 g/mol. The molecule has 0 bridgehead atoms. The summed E-state index contributed by atoms with van der Waals surface area (Å²) in [5.74, 6) is 0.972. The Balaban J connectivity index is 2.06. The molecule has 1 atom stereocenters. The van der Waals surface area contributed by atoms with Gasteiger partial charge in [0.25, 0.3) is 0 Å². The monoisotopic (exact) mass is 227 g/mol. The first kappa shape index (κ1) is 14.0. The fourth-order valence-electron chi connectivity index (χ4n) is 2.71. The van der Waals surface area contributed by atoms with Crippen LogP contribution in [-0.4, -0.2) is 25.8 Å². The highest BCUT2D eigenvalue weighted by molar-refractivity contribution is 4.70. The summed E-state index contributed by atoms with van der Waals surface area (Å²) in [7, 11) is 0. The SMILES string of the molecule is CCCC(CCC)CCCC1COCCN1. The molecule has 2 heteroatoms. The predicted octanol–water partition coefficient (Wildman–Crippen LogP) is 3.36. The first-order chi connectivity index (χ1) is 7.86. The minimum atomic E-state index is 0.623. The lowest BCUT2D eigenvalue weighted by molar-refractivity contribution is 0.0729. The van der Waals surface area contributed by atoms with Gasteiger partial charge < -0.3 is 10.1 Å². The van der Waals surface area contributed by atoms with Crippen LogP contribution in [0, 0.1) is 5.92 Å². The molecule has 96 valence electrons. The van der Waals surface area contributed by atoms with Crippen LogP contribution in [0.1, 0.15) is 58.8 Å². The summed E-state index contributed by atoms with van der Waals surface area (Å²) in [6.07, 6.45) is 9.60. The summed E-state index contributed by atoms with van der Waals surface area (Å²) in [4.78, 5) is 0. The van der Waals surface area contributed by atoms with Gasteiger partial charge in [-0.1, -0.05) is 52.4 Å². The predicted molar refractivity (Wildman–Crippen MR) is 69.8 cm³/mol. The van der Waals surface area contributed by atoms with Crippen LogP contribution in [0.15, 0.2) is 0 Å². The van der Waals surface area contributed by atoms with E-state index in [4.69, 9.17) is 4.74 Å². The lowest BCUT2D eigenvalue weighted by Crippen LogP contribution is -2.41. The van der Waals surface area contributed by atoms with Crippen molar-refractivity contribution in [3.8, 4) is 0 Å². The lowest BCUT2D eigenvalue weighted by atomic mass is 9.92. The third-order valence-corrected chi connectivity index (χ3v) is 3.56. The van der Waals surface area contributed by atoms with Gasteiger partial charge in [-0.3, -0.25) is 0 Å². The summed E-state index contributed by atoms with van der Waals surface area (Å²) in [6.45, 7) is 7.47. The van der Waals surface area contributed by atoms with Crippen molar-refractivity contribution in [2.24, 2.45) is 5.92 Å². The second-order valence-corrected chi connectivity index (χ2v) is 5.10. The highest BCUT2D eigenvalue weighted by atomic mass is 16.5. The van der Waals surface area contributed by atoms with E-state index >= 15 is 0 Å². The van der Waals surface area contributed by atoms with Crippen LogP contribution in [0.3, 0.4) is 0 Å². The Morgan fingerprint density at radius 1 is 1.19 bits per heavy atom. The third-order valence-electron chi connectivity index (χ3n) is 3.56. The van der Waals surface area contributed by atoms with Crippen LogP contribution in [-0.2, 0) is 4.74 Å². The van der Waals surface area contributed by atoms with Gasteiger partial charge in [0, 0.05) is 12.6 Å². The van der Waals surface area contributed by atoms with Gasteiger partial charge in [-0.2, -0.15) is 0 Å². The Bertz CT molecular complexity index is 149. The standard InChI is InChI=1S/C14H29NO/c1-3-6-13(7-4-2)8-5-9-14-12-16-11-10-15-14/h13-15H,3-12H2,1-2H3. The molecule has 0 aromatic carbocycles. The molecule has 0 saturated carbocycles. The van der Waals surface area contributed by atoms with Crippen molar-refractivity contribution in [2.75, 3.05) is 19.8 Å². The van der Waals surface area contributed by atoms with Crippen LogP contribution in [0.5, 0.6) is 0 Å². The molecule has 16 heavy (non-hydrogen) atoms. The number of ether oxygens (including phenoxy) is 1. The van der Waals surface area contributed by atoms with E-state index in [1.165, 1.54) is 44.9 Å². The van der Waals surface area contributed by atoms with Crippen molar-refractivity contribution in [2.45, 2.75) is 64.8 Å². The fourth-order valence-corrected chi connectivity index (χ4v) is 2.71. The smallest absolute Gasteiger partial charge is 0.0620 e. The highest BCUT2D eigenvalue weighted by Gasteiger charge is 2.13. The molecule has 1 fully saturated rings. The van der Waals surface area contributed by atoms with Crippen LogP contribution >= 0.6 is 0 Å². The molecule has 0 aliphatic carbocycles. The fraction of sp³-hybridized carbons (Fsp3) is 1.00. The molecule has 0 amide bonds. The van der Waals surface area contributed by atoms with Crippen molar-refractivity contribution in [1.82, 2.24) is 5.32 Å². The average Bonchev–Trinajstić information content (AvgIpc) is 2.31. The Kier molecular flexibility index (Phi) is 7.87. The van der Waals surface area contributed by atoms with E-state index in [0.717, 1.165) is 25.7 Å². The third kappa shape index (κ3) is 5.86. The highest BCUT2D eigenvalue weighted by Crippen LogP contribution is 2.20. The Morgan fingerprint density at radius 2 is 1.94 bits per heavy atom. The molecule has 0 aromatic rings. The zero-order valence-corrected chi connectivity index (χ0v) is 11.1. The van der Waals surface area contributed by atoms with Gasteiger partial charge >= 0.3 is 0 Å². The van der Waals surface area contributed by atoms with Crippen LogP contribution in [0.4, 0.5) is 0 Å². The maximum absolute atomic E-state index is 5.47. The topological polar surface area (TPSA) is 21.3 Å². The minimum Gasteiger partial charge on any atom is -0.379 e. The molecule has 1 rings (SSSR count). The second-order valence-electron chi connectivity index (χ2n) is 5.10. The molecule has 1 N–H and O–H groups in total. The van der Waals surface area contributed by atoms with E-state index < -0.39 is 0 Å². The second kappa shape index (κ2) is 9.00. The quantitative estimate of drug-likeness (QED) is 0.686. The van der Waals surface area contributed by atoms with Crippen molar-refractivity contribution in [1.29, 1.82) is 0 Å². The van der Waals surface area contributed by atoms with Gasteiger partial charge in [0.05, 0.1) is 13.2 Å². The maximum Gasteiger partial charge on any atom is 0.0620 e. The largest absolute Gasteiger partial charge is 0.379 e. The van der Waals surface area contributed by atoms with Gasteiger partial charge in [-0.25, -0.2) is 0 Å². The Labute approximate surface area is 101 Å². The van der Waals surface area contributed by atoms with E-state index in [1.807, 2.05) is 0 Å². The molecule has 0 spiro atoms. The number of hydrogen-bond acceptors (Lipinski definition) is 2. The average molecular weight is 227 g/mol. The normalized spacial score (nSPS) is 21.6. The molecule has 1 heterocycles. The summed E-state index contributed by atoms with van der Waals surface area (Å²) < 4.78 is 5.47. The molecule has 1 aliphatic rings. The number of morpholine rings is 1. The van der Waals surface area contributed by atoms with Gasteiger partial charge in [-0.15, -0.1) is 0 Å². The van der Waals surface area contributed by atoms with E-state index in [0.29, 0.717) is 6.04 Å². The minimum absolute atomic E-state index is 0.623. The van der Waals surface area contributed by atoms with E-state index in [-0.39, 0.29) is 0 Å². The number of nitrogens with one attached hydrogen (secondary N) is 1. The number of hydrogen-bond donors (Lipinski definition) is 1. The van der Waals surface area contributed by atoms with Crippen LogP contribution < -0.4 is 5.32 Å². The van der Waals surface area contributed by atoms with Crippen LogP contribution in [0.2, 0.25) is 0 Å².